The van der Waals surface area contributed by atoms with E-state index >= 15 is 0 Å². The minimum atomic E-state index is -0.312. The Morgan fingerprint density at radius 1 is 1.11 bits per heavy atom. The first kappa shape index (κ1) is 24.9. The van der Waals surface area contributed by atoms with E-state index < -0.39 is 0 Å². The second-order valence-corrected chi connectivity index (χ2v) is 11.5. The molecule has 2 saturated carbocycles. The number of hydrogen-bond donors (Lipinski definition) is 3. The number of rotatable bonds is 5. The molecule has 3 heterocycles. The predicted octanol–water partition coefficient (Wildman–Crippen LogP) is 3.26. The number of amides is 2. The fraction of sp³-hybridized carbons (Fsp3) is 0.571. The van der Waals surface area contributed by atoms with Crippen molar-refractivity contribution in [1.29, 1.82) is 0 Å². The quantitative estimate of drug-likeness (QED) is 0.516. The number of fused-ring (bicyclic) bond motifs is 1. The number of nitrogens with zero attached hydrogens (tertiary/aromatic N) is 5. The highest BCUT2D eigenvalue weighted by Crippen LogP contribution is 2.52. The fourth-order valence-corrected chi connectivity index (χ4v) is 6.17. The van der Waals surface area contributed by atoms with Gasteiger partial charge in [-0.2, -0.15) is 4.98 Å². The van der Waals surface area contributed by atoms with Gasteiger partial charge in [-0.1, -0.05) is 12.8 Å². The lowest BCUT2D eigenvalue weighted by Gasteiger charge is -2.31. The molecular formula is C28H37N7O3. The number of benzene rings is 1. The number of aromatic hydroxyl groups is 1. The summed E-state index contributed by atoms with van der Waals surface area (Å²) in [5, 5.41) is 16.9. The monoisotopic (exact) mass is 519 g/mol. The van der Waals surface area contributed by atoms with Gasteiger partial charge in [-0.15, -0.1) is 0 Å². The van der Waals surface area contributed by atoms with Crippen LogP contribution in [0.25, 0.3) is 0 Å². The van der Waals surface area contributed by atoms with Crippen LogP contribution in [0.15, 0.2) is 24.4 Å². The first-order valence-electron chi connectivity index (χ1n) is 13.8. The van der Waals surface area contributed by atoms with E-state index in [9.17, 15) is 14.7 Å². The summed E-state index contributed by atoms with van der Waals surface area (Å²) in [5.74, 6) is 1.03. The molecule has 1 aromatic heterocycles. The lowest BCUT2D eigenvalue weighted by molar-refractivity contribution is -0.122. The van der Waals surface area contributed by atoms with Gasteiger partial charge in [0.15, 0.2) is 5.82 Å². The van der Waals surface area contributed by atoms with Crippen molar-refractivity contribution in [3.8, 4) is 5.75 Å². The SMILES string of the molecule is CN1CCC(NC(=O)c2ccc(Nc3ncc4c(n3)N(C3CCCC3)CC3(CC3)C(=O)N4C)c(O)c2)CC1. The topological polar surface area (TPSA) is 114 Å². The van der Waals surface area contributed by atoms with E-state index in [1.54, 1.807) is 23.2 Å². The van der Waals surface area contributed by atoms with Crippen LogP contribution in [-0.2, 0) is 4.79 Å². The number of carbonyl (C=O) groups is 2. The maximum atomic E-state index is 13.3. The maximum Gasteiger partial charge on any atom is 0.251 e. The number of phenols is 1. The van der Waals surface area contributed by atoms with Crippen LogP contribution in [0.3, 0.4) is 0 Å². The number of likely N-dealkylation sites (tertiary alicyclic amines) is 1. The molecule has 0 radical (unpaired) electrons. The maximum absolute atomic E-state index is 13.3. The van der Waals surface area contributed by atoms with Crippen LogP contribution in [0, 0.1) is 5.41 Å². The summed E-state index contributed by atoms with van der Waals surface area (Å²) in [5.41, 5.74) is 1.25. The standard InChI is InChI=1S/C28H37N7O3/c1-33-13-9-19(10-14-33)30-25(37)18-7-8-21(23(36)15-18)31-27-29-16-22-24(32-27)35(20-5-3-4-6-20)17-28(11-12-28)26(38)34(22)2/h7-8,15-16,19-20,36H,3-6,9-14,17H2,1-2H3,(H,30,37)(H,29,31,32). The van der Waals surface area contributed by atoms with E-state index in [-0.39, 0.29) is 29.0 Å². The zero-order valence-electron chi connectivity index (χ0n) is 22.2. The fourth-order valence-electron chi connectivity index (χ4n) is 6.17. The molecule has 0 unspecified atom stereocenters. The summed E-state index contributed by atoms with van der Waals surface area (Å²) in [4.78, 5) is 41.7. The van der Waals surface area contributed by atoms with Gasteiger partial charge in [-0.05, 0) is 76.9 Å². The van der Waals surface area contributed by atoms with Crippen LogP contribution in [0.4, 0.5) is 23.1 Å². The zero-order valence-corrected chi connectivity index (χ0v) is 22.2. The Kier molecular flexibility index (Phi) is 6.37. The molecule has 202 valence electrons. The lowest BCUT2D eigenvalue weighted by Crippen LogP contribution is -2.43. The Morgan fingerprint density at radius 3 is 2.53 bits per heavy atom. The molecule has 1 spiro atoms. The number of piperidine rings is 1. The molecule has 10 nitrogen and oxygen atoms in total. The zero-order chi connectivity index (χ0) is 26.4. The van der Waals surface area contributed by atoms with E-state index in [2.05, 4.69) is 32.5 Å². The number of aromatic nitrogens is 2. The van der Waals surface area contributed by atoms with Crippen LogP contribution in [0.2, 0.25) is 0 Å². The van der Waals surface area contributed by atoms with E-state index in [4.69, 9.17) is 4.98 Å². The van der Waals surface area contributed by atoms with Gasteiger partial charge in [0.1, 0.15) is 11.4 Å². The Hall–Kier alpha value is -3.40. The van der Waals surface area contributed by atoms with Crippen LogP contribution in [0.5, 0.6) is 5.75 Å². The molecule has 38 heavy (non-hydrogen) atoms. The first-order valence-corrected chi connectivity index (χ1v) is 13.8. The molecule has 2 aliphatic carbocycles. The number of nitrogens with one attached hydrogen (secondary N) is 2. The van der Waals surface area contributed by atoms with Crippen molar-refractivity contribution in [2.24, 2.45) is 5.41 Å². The minimum Gasteiger partial charge on any atom is -0.506 e. The average molecular weight is 520 g/mol. The lowest BCUT2D eigenvalue weighted by atomic mass is 10.0. The van der Waals surface area contributed by atoms with Crippen molar-refractivity contribution in [3.63, 3.8) is 0 Å². The third-order valence-electron chi connectivity index (χ3n) is 8.79. The minimum absolute atomic E-state index is 0.0450. The van der Waals surface area contributed by atoms with Crippen molar-refractivity contribution < 1.29 is 14.7 Å². The summed E-state index contributed by atoms with van der Waals surface area (Å²) in [7, 11) is 3.90. The second-order valence-electron chi connectivity index (χ2n) is 11.5. The Morgan fingerprint density at radius 2 is 1.84 bits per heavy atom. The number of anilines is 4. The van der Waals surface area contributed by atoms with E-state index in [0.717, 1.165) is 63.1 Å². The van der Waals surface area contributed by atoms with Gasteiger partial charge in [0.25, 0.3) is 5.91 Å². The van der Waals surface area contributed by atoms with Crippen molar-refractivity contribution in [3.05, 3.63) is 30.0 Å². The first-order chi connectivity index (χ1) is 18.3. The Balaban J connectivity index is 1.22. The molecule has 2 amide bonds. The molecule has 3 N–H and O–H groups in total. The average Bonchev–Trinajstić information content (AvgIpc) is 3.52. The molecule has 6 rings (SSSR count). The summed E-state index contributed by atoms with van der Waals surface area (Å²) >= 11 is 0. The van der Waals surface area contributed by atoms with Crippen molar-refractivity contribution in [2.45, 2.75) is 63.5 Å². The van der Waals surface area contributed by atoms with Gasteiger partial charge < -0.3 is 30.4 Å². The van der Waals surface area contributed by atoms with Crippen LogP contribution in [-0.4, -0.2) is 77.6 Å². The molecule has 2 aromatic rings. The summed E-state index contributed by atoms with van der Waals surface area (Å²) in [6.07, 6.45) is 9.95. The van der Waals surface area contributed by atoms with Gasteiger partial charge >= 0.3 is 0 Å². The summed E-state index contributed by atoms with van der Waals surface area (Å²) in [6, 6.07) is 5.37. The van der Waals surface area contributed by atoms with Crippen molar-refractivity contribution in [2.75, 3.05) is 48.8 Å². The highest BCUT2D eigenvalue weighted by atomic mass is 16.3. The second kappa shape index (κ2) is 9.72. The van der Waals surface area contributed by atoms with Crippen LogP contribution < -0.4 is 20.4 Å². The smallest absolute Gasteiger partial charge is 0.251 e. The highest BCUT2D eigenvalue weighted by molar-refractivity contribution is 6.03. The number of carbonyl (C=O) groups excluding carboxylic acids is 2. The third kappa shape index (κ3) is 4.66. The summed E-state index contributed by atoms with van der Waals surface area (Å²) in [6.45, 7) is 2.61. The Bertz CT molecular complexity index is 1230. The molecule has 1 saturated heterocycles. The van der Waals surface area contributed by atoms with Crippen molar-refractivity contribution >= 4 is 35.0 Å². The van der Waals surface area contributed by atoms with Gasteiger partial charge in [0.05, 0.1) is 17.3 Å². The van der Waals surface area contributed by atoms with Crippen molar-refractivity contribution in [1.82, 2.24) is 20.2 Å². The molecule has 0 bridgehead atoms. The molecular weight excluding hydrogens is 482 g/mol. The predicted molar refractivity (Wildman–Crippen MR) is 146 cm³/mol. The number of hydrogen-bond acceptors (Lipinski definition) is 8. The van der Waals surface area contributed by atoms with Crippen LogP contribution >= 0.6 is 0 Å². The summed E-state index contributed by atoms with van der Waals surface area (Å²) < 4.78 is 0. The normalized spacial score (nSPS) is 21.9. The van der Waals surface area contributed by atoms with E-state index in [1.807, 2.05) is 7.05 Å². The molecule has 0 atom stereocenters. The molecule has 3 fully saturated rings. The molecule has 10 heteroatoms. The van der Waals surface area contributed by atoms with Gasteiger partial charge in [-0.3, -0.25) is 9.59 Å². The van der Waals surface area contributed by atoms with E-state index in [0.29, 0.717) is 29.8 Å². The van der Waals surface area contributed by atoms with Gasteiger partial charge in [0, 0.05) is 31.2 Å². The Labute approximate surface area is 223 Å². The van der Waals surface area contributed by atoms with Crippen LogP contribution in [0.1, 0.15) is 61.7 Å². The highest BCUT2D eigenvalue weighted by Gasteiger charge is 2.55. The van der Waals surface area contributed by atoms with Gasteiger partial charge in [0.2, 0.25) is 11.9 Å². The number of phenolic OH excluding ortho intramolecular Hbond substituents is 1. The largest absolute Gasteiger partial charge is 0.506 e. The molecule has 1 aromatic carbocycles. The third-order valence-corrected chi connectivity index (χ3v) is 8.79. The van der Waals surface area contributed by atoms with Gasteiger partial charge in [-0.25, -0.2) is 4.98 Å². The van der Waals surface area contributed by atoms with E-state index in [1.165, 1.54) is 18.9 Å². The molecule has 4 aliphatic rings. The molecule has 2 aliphatic heterocycles.